The molecule has 100 valence electrons. The fraction of sp³-hybridized carbons (Fsp3) is 0.571. The Balaban J connectivity index is 2.04. The van der Waals surface area contributed by atoms with Crippen LogP contribution in [-0.4, -0.2) is 45.1 Å². The second-order valence-electron chi connectivity index (χ2n) is 4.74. The van der Waals surface area contributed by atoms with Gasteiger partial charge in [0.1, 0.15) is 5.75 Å². The van der Waals surface area contributed by atoms with E-state index in [-0.39, 0.29) is 12.0 Å². The van der Waals surface area contributed by atoms with E-state index < -0.39 is 0 Å². The Kier molecular flexibility index (Phi) is 4.44. The van der Waals surface area contributed by atoms with E-state index in [1.54, 1.807) is 7.11 Å². The Morgan fingerprint density at radius 2 is 2.22 bits per heavy atom. The summed E-state index contributed by atoms with van der Waals surface area (Å²) >= 11 is 0. The predicted octanol–water partition coefficient (Wildman–Crippen LogP) is 1.53. The summed E-state index contributed by atoms with van der Waals surface area (Å²) in [4.78, 5) is 2.11. The molecule has 1 aliphatic rings. The number of aliphatic hydroxyl groups excluding tert-OH is 1. The van der Waals surface area contributed by atoms with Crippen molar-refractivity contribution in [2.24, 2.45) is 5.92 Å². The van der Waals surface area contributed by atoms with Gasteiger partial charge >= 0.3 is 0 Å². The molecule has 2 atom stereocenters. The minimum Gasteiger partial charge on any atom is -0.495 e. The van der Waals surface area contributed by atoms with E-state index >= 15 is 0 Å². The van der Waals surface area contributed by atoms with Gasteiger partial charge in [-0.3, -0.25) is 0 Å². The van der Waals surface area contributed by atoms with Gasteiger partial charge in [0.2, 0.25) is 0 Å². The number of para-hydroxylation sites is 2. The minimum absolute atomic E-state index is 0.161. The molecular formula is C14H21NO3. The van der Waals surface area contributed by atoms with Crippen LogP contribution in [0.5, 0.6) is 5.75 Å². The van der Waals surface area contributed by atoms with E-state index in [9.17, 15) is 5.11 Å². The van der Waals surface area contributed by atoms with Crippen molar-refractivity contribution in [3.63, 3.8) is 0 Å². The lowest BCUT2D eigenvalue weighted by Gasteiger charge is -2.32. The van der Waals surface area contributed by atoms with Crippen LogP contribution in [0, 0.1) is 5.92 Å². The van der Waals surface area contributed by atoms with Crippen LogP contribution in [0.15, 0.2) is 24.3 Å². The number of benzene rings is 1. The van der Waals surface area contributed by atoms with Crippen LogP contribution in [-0.2, 0) is 4.74 Å². The van der Waals surface area contributed by atoms with E-state index in [2.05, 4.69) is 4.90 Å². The lowest BCUT2D eigenvalue weighted by atomic mass is 9.98. The van der Waals surface area contributed by atoms with Crippen LogP contribution in [0.2, 0.25) is 0 Å². The van der Waals surface area contributed by atoms with E-state index in [0.29, 0.717) is 13.2 Å². The molecule has 0 aromatic heterocycles. The van der Waals surface area contributed by atoms with Crippen molar-refractivity contribution in [3.8, 4) is 5.75 Å². The van der Waals surface area contributed by atoms with Crippen molar-refractivity contribution in [1.29, 1.82) is 0 Å². The van der Waals surface area contributed by atoms with Gasteiger partial charge in [0, 0.05) is 26.1 Å². The summed E-state index contributed by atoms with van der Waals surface area (Å²) in [6.45, 7) is 2.05. The van der Waals surface area contributed by atoms with Crippen LogP contribution in [0.3, 0.4) is 0 Å². The summed E-state index contributed by atoms with van der Waals surface area (Å²) < 4.78 is 10.8. The zero-order chi connectivity index (χ0) is 13.0. The first-order chi connectivity index (χ1) is 8.72. The maximum Gasteiger partial charge on any atom is 0.142 e. The molecule has 1 heterocycles. The third-order valence-corrected chi connectivity index (χ3v) is 3.44. The first-order valence-electron chi connectivity index (χ1n) is 6.32. The van der Waals surface area contributed by atoms with Crippen molar-refractivity contribution in [2.45, 2.75) is 12.5 Å². The van der Waals surface area contributed by atoms with Gasteiger partial charge in [0.15, 0.2) is 0 Å². The van der Waals surface area contributed by atoms with Gasteiger partial charge in [-0.1, -0.05) is 12.1 Å². The van der Waals surface area contributed by atoms with Gasteiger partial charge in [-0.05, 0) is 18.6 Å². The first-order valence-corrected chi connectivity index (χ1v) is 6.32. The molecule has 2 rings (SSSR count). The quantitative estimate of drug-likeness (QED) is 0.881. The van der Waals surface area contributed by atoms with Crippen molar-refractivity contribution in [3.05, 3.63) is 24.3 Å². The standard InChI is InChI=1S/C14H21NO3/c1-15(9-11-10-18-8-7-13(11)16)12-5-3-4-6-14(12)17-2/h3-6,11,13,16H,7-10H2,1-2H3. The van der Waals surface area contributed by atoms with Crippen LogP contribution in [0.25, 0.3) is 0 Å². The summed E-state index contributed by atoms with van der Waals surface area (Å²) in [6.07, 6.45) is 0.459. The molecule has 1 fully saturated rings. The molecule has 0 radical (unpaired) electrons. The number of ether oxygens (including phenoxy) is 2. The molecule has 1 aromatic carbocycles. The molecule has 18 heavy (non-hydrogen) atoms. The SMILES string of the molecule is COc1ccccc1N(C)CC1COCCC1O. The van der Waals surface area contributed by atoms with Gasteiger partial charge in [-0.15, -0.1) is 0 Å². The van der Waals surface area contributed by atoms with Crippen molar-refractivity contribution in [1.82, 2.24) is 0 Å². The third kappa shape index (κ3) is 2.94. The van der Waals surface area contributed by atoms with E-state index in [0.717, 1.165) is 24.4 Å². The normalized spacial score (nSPS) is 23.7. The fourth-order valence-electron chi connectivity index (χ4n) is 2.36. The van der Waals surface area contributed by atoms with Gasteiger partial charge < -0.3 is 19.5 Å². The Morgan fingerprint density at radius 1 is 1.44 bits per heavy atom. The Morgan fingerprint density at radius 3 is 2.94 bits per heavy atom. The highest BCUT2D eigenvalue weighted by atomic mass is 16.5. The Hall–Kier alpha value is -1.26. The Labute approximate surface area is 108 Å². The lowest BCUT2D eigenvalue weighted by Crippen LogP contribution is -2.39. The molecule has 1 aliphatic heterocycles. The van der Waals surface area contributed by atoms with E-state index in [1.807, 2.05) is 31.3 Å². The van der Waals surface area contributed by atoms with Crippen LogP contribution < -0.4 is 9.64 Å². The molecule has 0 bridgehead atoms. The minimum atomic E-state index is -0.268. The zero-order valence-electron chi connectivity index (χ0n) is 11.0. The largest absolute Gasteiger partial charge is 0.495 e. The maximum atomic E-state index is 9.95. The molecule has 0 aliphatic carbocycles. The molecule has 4 nitrogen and oxygen atoms in total. The average molecular weight is 251 g/mol. The second kappa shape index (κ2) is 6.07. The molecule has 0 saturated carbocycles. The predicted molar refractivity (Wildman–Crippen MR) is 71.2 cm³/mol. The maximum absolute atomic E-state index is 9.95. The molecule has 1 aromatic rings. The second-order valence-corrected chi connectivity index (χ2v) is 4.74. The topological polar surface area (TPSA) is 41.9 Å². The van der Waals surface area contributed by atoms with Crippen molar-refractivity contribution >= 4 is 5.69 Å². The van der Waals surface area contributed by atoms with Gasteiger partial charge in [0.25, 0.3) is 0 Å². The molecule has 0 amide bonds. The smallest absolute Gasteiger partial charge is 0.142 e. The van der Waals surface area contributed by atoms with E-state index in [4.69, 9.17) is 9.47 Å². The number of methoxy groups -OCH3 is 1. The molecule has 1 N–H and O–H groups in total. The van der Waals surface area contributed by atoms with Gasteiger partial charge in [-0.25, -0.2) is 0 Å². The number of nitrogens with zero attached hydrogens (tertiary/aromatic N) is 1. The molecular weight excluding hydrogens is 230 g/mol. The number of hydrogen-bond donors (Lipinski definition) is 1. The monoisotopic (exact) mass is 251 g/mol. The lowest BCUT2D eigenvalue weighted by molar-refractivity contribution is -0.0320. The van der Waals surface area contributed by atoms with Gasteiger partial charge in [0.05, 0.1) is 25.5 Å². The highest BCUT2D eigenvalue weighted by Gasteiger charge is 2.25. The van der Waals surface area contributed by atoms with Gasteiger partial charge in [-0.2, -0.15) is 0 Å². The highest BCUT2D eigenvalue weighted by Crippen LogP contribution is 2.28. The average Bonchev–Trinajstić information content (AvgIpc) is 2.41. The van der Waals surface area contributed by atoms with Crippen LogP contribution >= 0.6 is 0 Å². The zero-order valence-corrected chi connectivity index (χ0v) is 11.0. The summed E-state index contributed by atoms with van der Waals surface area (Å²) in [5.41, 5.74) is 1.04. The van der Waals surface area contributed by atoms with Crippen molar-refractivity contribution < 1.29 is 14.6 Å². The van der Waals surface area contributed by atoms with Crippen LogP contribution in [0.4, 0.5) is 5.69 Å². The van der Waals surface area contributed by atoms with Crippen LogP contribution in [0.1, 0.15) is 6.42 Å². The molecule has 0 spiro atoms. The molecule has 1 saturated heterocycles. The fourth-order valence-corrected chi connectivity index (χ4v) is 2.36. The number of anilines is 1. The molecule has 4 heteroatoms. The summed E-state index contributed by atoms with van der Waals surface area (Å²) in [7, 11) is 3.68. The van der Waals surface area contributed by atoms with E-state index in [1.165, 1.54) is 0 Å². The summed E-state index contributed by atoms with van der Waals surface area (Å²) in [6, 6.07) is 7.91. The van der Waals surface area contributed by atoms with Crippen molar-refractivity contribution in [2.75, 3.05) is 38.8 Å². The Bertz CT molecular complexity index is 383. The number of rotatable bonds is 4. The number of aliphatic hydroxyl groups is 1. The molecule has 2 unspecified atom stereocenters. The first kappa shape index (κ1) is 13.2. The summed E-state index contributed by atoms with van der Waals surface area (Å²) in [5.74, 6) is 1.01. The summed E-state index contributed by atoms with van der Waals surface area (Å²) in [5, 5.41) is 9.95. The third-order valence-electron chi connectivity index (χ3n) is 3.44. The highest BCUT2D eigenvalue weighted by molar-refractivity contribution is 5.57. The number of hydrogen-bond acceptors (Lipinski definition) is 4.